The second-order valence-corrected chi connectivity index (χ2v) is 3.65. The fourth-order valence-corrected chi connectivity index (χ4v) is 1.49. The van der Waals surface area contributed by atoms with Crippen molar-refractivity contribution in [2.75, 3.05) is 13.1 Å². The molecule has 1 heterocycles. The highest BCUT2D eigenvalue weighted by Gasteiger charge is 2.22. The summed E-state index contributed by atoms with van der Waals surface area (Å²) in [6.07, 6.45) is -1.88. The smallest absolute Gasteiger partial charge is 0.265 e. The number of carbonyl (C=O) groups excluding carboxylic acids is 1. The number of hydrogen-bond donors (Lipinski definition) is 3. The van der Waals surface area contributed by atoms with Crippen molar-refractivity contribution in [3.8, 4) is 0 Å². The molecule has 0 aromatic carbocycles. The van der Waals surface area contributed by atoms with E-state index in [4.69, 9.17) is 5.11 Å². The quantitative estimate of drug-likeness (QED) is 0.621. The first-order chi connectivity index (χ1) is 7.11. The van der Waals surface area contributed by atoms with E-state index in [1.807, 2.05) is 0 Å². The maximum Gasteiger partial charge on any atom is 0.265 e. The van der Waals surface area contributed by atoms with Gasteiger partial charge in [0.2, 0.25) is 5.91 Å². The lowest BCUT2D eigenvalue weighted by atomic mass is 10.0. The molecule has 6 heteroatoms. The molecule has 0 spiro atoms. The minimum atomic E-state index is -2.82. The zero-order valence-corrected chi connectivity index (χ0v) is 8.38. The number of aliphatic hydroxyl groups is 1. The zero-order valence-electron chi connectivity index (χ0n) is 8.38. The second kappa shape index (κ2) is 5.97. The average Bonchev–Trinajstić information content (AvgIpc) is 2.26. The molecule has 0 saturated carbocycles. The molecule has 1 aliphatic rings. The Morgan fingerprint density at radius 2 is 2.27 bits per heavy atom. The van der Waals surface area contributed by atoms with Crippen LogP contribution in [-0.4, -0.2) is 42.7 Å². The van der Waals surface area contributed by atoms with Gasteiger partial charge >= 0.3 is 0 Å². The van der Waals surface area contributed by atoms with E-state index >= 15 is 0 Å². The van der Waals surface area contributed by atoms with Crippen LogP contribution in [0.25, 0.3) is 0 Å². The summed E-state index contributed by atoms with van der Waals surface area (Å²) < 4.78 is 23.8. The zero-order chi connectivity index (χ0) is 11.3. The summed E-state index contributed by atoms with van der Waals surface area (Å²) in [5.74, 6) is -0.311. The normalized spacial score (nSPS) is 23.9. The Bertz CT molecular complexity index is 208. The third-order valence-electron chi connectivity index (χ3n) is 2.40. The Morgan fingerprint density at radius 3 is 2.80 bits per heavy atom. The molecule has 15 heavy (non-hydrogen) atoms. The molecule has 1 fully saturated rings. The first kappa shape index (κ1) is 12.3. The lowest BCUT2D eigenvalue weighted by Gasteiger charge is -2.23. The number of piperidine rings is 1. The number of alkyl halides is 2. The number of nitrogens with one attached hydrogen (secondary N) is 2. The number of hydrogen-bond acceptors (Lipinski definition) is 3. The predicted octanol–water partition coefficient (Wildman–Crippen LogP) is -0.129. The van der Waals surface area contributed by atoms with Crippen molar-refractivity contribution in [2.24, 2.45) is 0 Å². The van der Waals surface area contributed by atoms with Gasteiger partial charge in [-0.05, 0) is 19.4 Å². The molecular formula is C9H16F2N2O2. The van der Waals surface area contributed by atoms with Crippen LogP contribution in [0.15, 0.2) is 0 Å². The summed E-state index contributed by atoms with van der Waals surface area (Å²) in [4.78, 5) is 11.4. The number of rotatable bonds is 4. The van der Waals surface area contributed by atoms with Crippen LogP contribution in [-0.2, 0) is 4.79 Å². The first-order valence-electron chi connectivity index (χ1n) is 5.08. The minimum Gasteiger partial charge on any atom is -0.385 e. The molecule has 0 bridgehead atoms. The molecule has 2 atom stereocenters. The molecule has 0 radical (unpaired) electrons. The number of amides is 1. The van der Waals surface area contributed by atoms with E-state index in [-0.39, 0.29) is 11.9 Å². The van der Waals surface area contributed by atoms with Crippen LogP contribution in [0.3, 0.4) is 0 Å². The Balaban J connectivity index is 2.22. The van der Waals surface area contributed by atoms with Crippen molar-refractivity contribution in [3.05, 3.63) is 0 Å². The van der Waals surface area contributed by atoms with Crippen LogP contribution in [0.4, 0.5) is 8.78 Å². The molecule has 1 aliphatic heterocycles. The van der Waals surface area contributed by atoms with Gasteiger partial charge in [-0.1, -0.05) is 6.42 Å². The largest absolute Gasteiger partial charge is 0.385 e. The highest BCUT2D eigenvalue weighted by molar-refractivity contribution is 5.81. The van der Waals surface area contributed by atoms with Crippen molar-refractivity contribution < 1.29 is 18.7 Å². The average molecular weight is 222 g/mol. The third kappa shape index (κ3) is 4.09. The fraction of sp³-hybridized carbons (Fsp3) is 0.889. The Morgan fingerprint density at radius 1 is 1.53 bits per heavy atom. The van der Waals surface area contributed by atoms with Gasteiger partial charge in [0, 0.05) is 6.54 Å². The van der Waals surface area contributed by atoms with E-state index in [1.54, 1.807) is 0 Å². The van der Waals surface area contributed by atoms with Gasteiger partial charge in [-0.3, -0.25) is 4.79 Å². The second-order valence-electron chi connectivity index (χ2n) is 3.65. The van der Waals surface area contributed by atoms with Crippen LogP contribution in [0.1, 0.15) is 19.3 Å². The number of aliphatic hydroxyl groups excluding tert-OH is 1. The molecule has 1 unspecified atom stereocenters. The van der Waals surface area contributed by atoms with Gasteiger partial charge in [0.25, 0.3) is 6.43 Å². The van der Waals surface area contributed by atoms with Gasteiger partial charge in [0.05, 0.1) is 6.04 Å². The van der Waals surface area contributed by atoms with E-state index in [2.05, 4.69) is 10.6 Å². The van der Waals surface area contributed by atoms with Gasteiger partial charge in [-0.2, -0.15) is 0 Å². The number of halogens is 2. The van der Waals surface area contributed by atoms with Crippen LogP contribution >= 0.6 is 0 Å². The van der Waals surface area contributed by atoms with Crippen LogP contribution in [0, 0.1) is 0 Å². The van der Waals surface area contributed by atoms with E-state index < -0.39 is 19.1 Å². The van der Waals surface area contributed by atoms with Gasteiger partial charge in [-0.25, -0.2) is 8.78 Å². The highest BCUT2D eigenvalue weighted by Crippen LogP contribution is 2.07. The van der Waals surface area contributed by atoms with Crippen LogP contribution < -0.4 is 10.6 Å². The molecular weight excluding hydrogens is 206 g/mol. The van der Waals surface area contributed by atoms with Crippen molar-refractivity contribution in [1.82, 2.24) is 10.6 Å². The predicted molar refractivity (Wildman–Crippen MR) is 50.7 cm³/mol. The van der Waals surface area contributed by atoms with E-state index in [1.165, 1.54) is 0 Å². The van der Waals surface area contributed by atoms with Crippen LogP contribution in [0.5, 0.6) is 0 Å². The van der Waals surface area contributed by atoms with E-state index in [0.717, 1.165) is 25.8 Å². The summed E-state index contributed by atoms with van der Waals surface area (Å²) in [5, 5.41) is 14.1. The maximum absolute atomic E-state index is 11.9. The van der Waals surface area contributed by atoms with Crippen molar-refractivity contribution in [2.45, 2.75) is 37.8 Å². The molecule has 0 aromatic rings. The fourth-order valence-electron chi connectivity index (χ4n) is 1.49. The van der Waals surface area contributed by atoms with Gasteiger partial charge in [-0.15, -0.1) is 0 Å². The van der Waals surface area contributed by atoms with Gasteiger partial charge in [0.1, 0.15) is 6.10 Å². The van der Waals surface area contributed by atoms with Crippen LogP contribution in [0.2, 0.25) is 0 Å². The van der Waals surface area contributed by atoms with E-state index in [0.29, 0.717) is 0 Å². The summed E-state index contributed by atoms with van der Waals surface area (Å²) in [6.45, 7) is 0.379. The number of carbonyl (C=O) groups is 1. The Hall–Kier alpha value is -0.750. The maximum atomic E-state index is 11.9. The molecule has 4 nitrogen and oxygen atoms in total. The summed E-state index contributed by atoms with van der Waals surface area (Å²) in [5.41, 5.74) is 0. The SMILES string of the molecule is O=C(NCC(O)C(F)F)[C@H]1CCCCN1. The summed E-state index contributed by atoms with van der Waals surface area (Å²) in [6, 6.07) is -0.302. The first-order valence-corrected chi connectivity index (χ1v) is 5.08. The third-order valence-corrected chi connectivity index (χ3v) is 2.40. The molecule has 1 saturated heterocycles. The van der Waals surface area contributed by atoms with E-state index in [9.17, 15) is 13.6 Å². The monoisotopic (exact) mass is 222 g/mol. The molecule has 0 aromatic heterocycles. The van der Waals surface area contributed by atoms with Crippen molar-refractivity contribution >= 4 is 5.91 Å². The molecule has 0 aliphatic carbocycles. The lowest BCUT2D eigenvalue weighted by molar-refractivity contribution is -0.124. The van der Waals surface area contributed by atoms with Gasteiger partial charge < -0.3 is 15.7 Å². The Labute approximate surface area is 87.0 Å². The van der Waals surface area contributed by atoms with Crippen molar-refractivity contribution in [1.29, 1.82) is 0 Å². The molecule has 1 rings (SSSR count). The molecule has 88 valence electrons. The topological polar surface area (TPSA) is 61.4 Å². The van der Waals surface area contributed by atoms with Crippen molar-refractivity contribution in [3.63, 3.8) is 0 Å². The summed E-state index contributed by atoms with van der Waals surface area (Å²) in [7, 11) is 0. The highest BCUT2D eigenvalue weighted by atomic mass is 19.3. The molecule has 1 amide bonds. The standard InChI is InChI=1S/C9H16F2N2O2/c10-8(11)7(14)5-13-9(15)6-3-1-2-4-12-6/h6-8,12,14H,1-5H2,(H,13,15)/t6-,7?/m1/s1. The van der Waals surface area contributed by atoms with Gasteiger partial charge in [0.15, 0.2) is 0 Å². The molecule has 3 N–H and O–H groups in total. The summed E-state index contributed by atoms with van der Waals surface area (Å²) >= 11 is 0. The Kier molecular flexibility index (Phi) is 4.90. The minimum absolute atomic E-state index is 0.302. The lowest BCUT2D eigenvalue weighted by Crippen LogP contribution is -2.48.